The van der Waals surface area contributed by atoms with Gasteiger partial charge < -0.3 is 24.1 Å². The molecule has 0 aromatic heterocycles. The fourth-order valence-corrected chi connectivity index (χ4v) is 9.38. The summed E-state index contributed by atoms with van der Waals surface area (Å²) in [7, 11) is -0.465. The third kappa shape index (κ3) is 4.10. The Labute approximate surface area is 136 Å². The number of ether oxygens (including phenoxy) is 2. The molecule has 132 valence electrons. The Bertz CT molecular complexity index is 313. The van der Waals surface area contributed by atoms with Gasteiger partial charge in [0.25, 0.3) is 0 Å². The standard InChI is InChI=1S/C16H34O5Si/c1-10(2)22(11(3)4,12(5)6)20-9-14-16(18)13(17)8-15(19-7)21-14/h10-18H,8-9H2,1-7H3/t13-,14-,15-,16+/m1/s1. The van der Waals surface area contributed by atoms with Crippen molar-refractivity contribution in [3.8, 4) is 0 Å². The molecule has 0 aliphatic carbocycles. The van der Waals surface area contributed by atoms with Crippen molar-refractivity contribution >= 4 is 8.32 Å². The normalized spacial score (nSPS) is 30.5. The minimum Gasteiger partial charge on any atom is -0.413 e. The first kappa shape index (κ1) is 20.1. The predicted octanol–water partition coefficient (Wildman–Crippen LogP) is 2.66. The quantitative estimate of drug-likeness (QED) is 0.701. The van der Waals surface area contributed by atoms with Gasteiger partial charge in [0.15, 0.2) is 14.6 Å². The summed E-state index contributed by atoms with van der Waals surface area (Å²) in [6.45, 7) is 13.6. The first-order chi connectivity index (χ1) is 10.2. The van der Waals surface area contributed by atoms with Gasteiger partial charge >= 0.3 is 0 Å². The molecule has 1 aliphatic rings. The second-order valence-electron chi connectivity index (χ2n) is 7.26. The molecule has 0 spiro atoms. The van der Waals surface area contributed by atoms with Crippen LogP contribution in [0.25, 0.3) is 0 Å². The lowest BCUT2D eigenvalue weighted by Gasteiger charge is -2.44. The minimum atomic E-state index is -2.01. The van der Waals surface area contributed by atoms with Crippen molar-refractivity contribution in [2.45, 2.75) is 89.2 Å². The molecule has 22 heavy (non-hydrogen) atoms. The molecule has 0 amide bonds. The Morgan fingerprint density at radius 3 is 1.95 bits per heavy atom. The largest absolute Gasteiger partial charge is 0.413 e. The zero-order chi connectivity index (χ0) is 17.1. The summed E-state index contributed by atoms with van der Waals surface area (Å²) >= 11 is 0. The van der Waals surface area contributed by atoms with E-state index in [-0.39, 0.29) is 6.42 Å². The molecule has 0 radical (unpaired) electrons. The van der Waals surface area contributed by atoms with Crippen LogP contribution in [0.2, 0.25) is 16.6 Å². The Balaban J connectivity index is 2.83. The van der Waals surface area contributed by atoms with Crippen molar-refractivity contribution < 1.29 is 24.1 Å². The summed E-state index contributed by atoms with van der Waals surface area (Å²) in [5.41, 5.74) is 1.41. The van der Waals surface area contributed by atoms with E-state index in [0.29, 0.717) is 23.2 Å². The highest BCUT2D eigenvalue weighted by atomic mass is 28.4. The second kappa shape index (κ2) is 8.21. The SMILES string of the molecule is CO[C@H]1C[C@@H](O)[C@H](O)[C@@H](CO[Si](C(C)C)(C(C)C)C(C)C)O1. The highest BCUT2D eigenvalue weighted by molar-refractivity contribution is 6.77. The summed E-state index contributed by atoms with van der Waals surface area (Å²) in [5, 5.41) is 20.1. The average Bonchev–Trinajstić information content (AvgIpc) is 2.42. The molecule has 6 heteroatoms. The van der Waals surface area contributed by atoms with Crippen LogP contribution in [0.4, 0.5) is 0 Å². The van der Waals surface area contributed by atoms with Crippen LogP contribution in [0.15, 0.2) is 0 Å². The first-order valence-corrected chi connectivity index (χ1v) is 10.5. The van der Waals surface area contributed by atoms with E-state index in [1.54, 1.807) is 7.11 Å². The number of hydrogen-bond acceptors (Lipinski definition) is 5. The maximum Gasteiger partial charge on any atom is 0.200 e. The Hall–Kier alpha value is 0.0169. The van der Waals surface area contributed by atoms with Gasteiger partial charge in [-0.2, -0.15) is 0 Å². The molecule has 1 fully saturated rings. The number of methoxy groups -OCH3 is 1. The maximum absolute atomic E-state index is 10.2. The first-order valence-electron chi connectivity index (χ1n) is 8.35. The van der Waals surface area contributed by atoms with E-state index >= 15 is 0 Å². The van der Waals surface area contributed by atoms with Gasteiger partial charge in [0.1, 0.15) is 12.2 Å². The van der Waals surface area contributed by atoms with Crippen LogP contribution in [0.3, 0.4) is 0 Å². The van der Waals surface area contributed by atoms with Crippen LogP contribution in [-0.2, 0) is 13.9 Å². The number of rotatable bonds is 7. The lowest BCUT2D eigenvalue weighted by molar-refractivity contribution is -0.247. The summed E-state index contributed by atoms with van der Waals surface area (Å²) in [4.78, 5) is 0. The van der Waals surface area contributed by atoms with Crippen LogP contribution in [0.1, 0.15) is 48.0 Å². The van der Waals surface area contributed by atoms with E-state index in [2.05, 4.69) is 41.5 Å². The van der Waals surface area contributed by atoms with Gasteiger partial charge in [-0.3, -0.25) is 0 Å². The number of hydrogen-bond donors (Lipinski definition) is 2. The van der Waals surface area contributed by atoms with E-state index in [4.69, 9.17) is 13.9 Å². The molecule has 0 aromatic rings. The molecule has 0 unspecified atom stereocenters. The Morgan fingerprint density at radius 1 is 1.05 bits per heavy atom. The van der Waals surface area contributed by atoms with Crippen LogP contribution in [0.5, 0.6) is 0 Å². The molecule has 0 aromatic carbocycles. The molecular formula is C16H34O5Si. The fraction of sp³-hybridized carbons (Fsp3) is 1.00. The molecule has 0 saturated carbocycles. The van der Waals surface area contributed by atoms with Crippen molar-refractivity contribution in [1.29, 1.82) is 0 Å². The minimum absolute atomic E-state index is 0.287. The lowest BCUT2D eigenvalue weighted by Crippen LogP contribution is -2.54. The van der Waals surface area contributed by atoms with Gasteiger partial charge in [-0.15, -0.1) is 0 Å². The molecule has 1 aliphatic heterocycles. The Morgan fingerprint density at radius 2 is 1.55 bits per heavy atom. The molecule has 2 N–H and O–H groups in total. The van der Waals surface area contributed by atoms with Crippen LogP contribution in [-0.4, -0.2) is 56.8 Å². The van der Waals surface area contributed by atoms with Gasteiger partial charge in [0.05, 0.1) is 12.7 Å². The van der Waals surface area contributed by atoms with Gasteiger partial charge in [0.2, 0.25) is 0 Å². The van der Waals surface area contributed by atoms with Crippen molar-refractivity contribution in [2.75, 3.05) is 13.7 Å². The molecular weight excluding hydrogens is 300 g/mol. The van der Waals surface area contributed by atoms with E-state index < -0.39 is 32.9 Å². The summed E-state index contributed by atoms with van der Waals surface area (Å²) < 4.78 is 17.3. The molecule has 1 saturated heterocycles. The van der Waals surface area contributed by atoms with Crippen molar-refractivity contribution in [3.63, 3.8) is 0 Å². The summed E-state index contributed by atoms with van der Waals surface area (Å²) in [6.07, 6.45) is -2.50. The molecule has 4 atom stereocenters. The van der Waals surface area contributed by atoms with E-state index in [0.717, 1.165) is 0 Å². The lowest BCUT2D eigenvalue weighted by atomic mass is 10.0. The van der Waals surface area contributed by atoms with Gasteiger partial charge in [0, 0.05) is 13.5 Å². The Kier molecular flexibility index (Phi) is 7.49. The second-order valence-corrected chi connectivity index (χ2v) is 12.7. The van der Waals surface area contributed by atoms with Crippen LogP contribution >= 0.6 is 0 Å². The zero-order valence-electron chi connectivity index (χ0n) is 15.1. The number of aliphatic hydroxyl groups excluding tert-OH is 2. The average molecular weight is 335 g/mol. The van der Waals surface area contributed by atoms with E-state index in [1.807, 2.05) is 0 Å². The monoisotopic (exact) mass is 334 g/mol. The highest BCUT2D eigenvalue weighted by Crippen LogP contribution is 2.42. The molecule has 5 nitrogen and oxygen atoms in total. The van der Waals surface area contributed by atoms with Crippen molar-refractivity contribution in [1.82, 2.24) is 0 Å². The molecule has 1 rings (SSSR count). The van der Waals surface area contributed by atoms with E-state index in [9.17, 15) is 10.2 Å². The molecule has 1 heterocycles. The smallest absolute Gasteiger partial charge is 0.200 e. The van der Waals surface area contributed by atoms with Crippen molar-refractivity contribution in [3.05, 3.63) is 0 Å². The number of aliphatic hydroxyl groups is 2. The van der Waals surface area contributed by atoms with Gasteiger partial charge in [-0.05, 0) is 16.6 Å². The zero-order valence-corrected chi connectivity index (χ0v) is 16.1. The van der Waals surface area contributed by atoms with Gasteiger partial charge in [-0.1, -0.05) is 41.5 Å². The summed E-state index contributed by atoms with van der Waals surface area (Å²) in [6, 6.07) is 0. The third-order valence-electron chi connectivity index (χ3n) is 5.00. The fourth-order valence-electron chi connectivity index (χ4n) is 3.93. The van der Waals surface area contributed by atoms with E-state index in [1.165, 1.54) is 0 Å². The van der Waals surface area contributed by atoms with Crippen molar-refractivity contribution in [2.24, 2.45) is 0 Å². The van der Waals surface area contributed by atoms with Crippen LogP contribution in [0, 0.1) is 0 Å². The topological polar surface area (TPSA) is 68.2 Å². The highest BCUT2D eigenvalue weighted by Gasteiger charge is 2.46. The molecule has 0 bridgehead atoms. The maximum atomic E-state index is 10.2. The van der Waals surface area contributed by atoms with Gasteiger partial charge in [-0.25, -0.2) is 0 Å². The third-order valence-corrected chi connectivity index (χ3v) is 11.1. The van der Waals surface area contributed by atoms with Crippen LogP contribution < -0.4 is 0 Å². The predicted molar refractivity (Wildman–Crippen MR) is 89.3 cm³/mol. The summed E-state index contributed by atoms with van der Waals surface area (Å²) in [5.74, 6) is 0.